The standard InChI is InChI=1S/C20H48N2Si2/c1-13-21(14-2)23(17(5)6,18(7)8)24(19(9)10,20(11)12)22(15-3)16-4/h17-20H,13-16H2,1-12H3. The summed E-state index contributed by atoms with van der Waals surface area (Å²) in [6.45, 7) is 34.9. The Bertz CT molecular complexity index is 296. The molecule has 0 unspecified atom stereocenters. The molecule has 0 aromatic heterocycles. The summed E-state index contributed by atoms with van der Waals surface area (Å²) in [6.07, 6.45) is 0. The van der Waals surface area contributed by atoms with Gasteiger partial charge in [-0.25, -0.2) is 0 Å². The molecule has 0 spiro atoms. The van der Waals surface area contributed by atoms with Crippen LogP contribution >= 0.6 is 0 Å². The SMILES string of the molecule is CCN(CC)[Si](C(C)C)(C(C)C)[Si](C(C)C)(C(C)C)N(CC)CC. The Morgan fingerprint density at radius 1 is 0.458 bits per heavy atom. The summed E-state index contributed by atoms with van der Waals surface area (Å²) in [5.41, 5.74) is 3.20. The topological polar surface area (TPSA) is 6.48 Å². The minimum absolute atomic E-state index is 0.800. The van der Waals surface area contributed by atoms with Crippen molar-refractivity contribution in [3.8, 4) is 0 Å². The third kappa shape index (κ3) is 3.58. The van der Waals surface area contributed by atoms with Crippen LogP contribution in [0.1, 0.15) is 83.1 Å². The van der Waals surface area contributed by atoms with Gasteiger partial charge in [-0.2, -0.15) is 0 Å². The van der Waals surface area contributed by atoms with Crippen molar-refractivity contribution in [3.05, 3.63) is 0 Å². The number of nitrogens with zero attached hydrogens (tertiary/aromatic N) is 2. The van der Waals surface area contributed by atoms with Crippen molar-refractivity contribution < 1.29 is 0 Å². The van der Waals surface area contributed by atoms with Gasteiger partial charge >= 0.3 is 0 Å². The van der Waals surface area contributed by atoms with Crippen molar-refractivity contribution >= 4 is 15.5 Å². The molecule has 0 bridgehead atoms. The summed E-state index contributed by atoms with van der Waals surface area (Å²) in [5, 5.41) is 0. The zero-order chi connectivity index (χ0) is 19.3. The van der Waals surface area contributed by atoms with Gasteiger partial charge in [-0.05, 0) is 48.3 Å². The maximum absolute atomic E-state index is 2.99. The molecule has 0 aliphatic heterocycles. The van der Waals surface area contributed by atoms with Gasteiger partial charge in [-0.3, -0.25) is 0 Å². The maximum Gasteiger partial charge on any atom is 0.141 e. The molecule has 0 fully saturated rings. The quantitative estimate of drug-likeness (QED) is 0.394. The first-order valence-electron chi connectivity index (χ1n) is 10.6. The van der Waals surface area contributed by atoms with Crippen LogP contribution in [0.5, 0.6) is 0 Å². The molecule has 0 saturated heterocycles. The van der Waals surface area contributed by atoms with Crippen LogP contribution in [0.3, 0.4) is 0 Å². The Balaban J connectivity index is 7.02. The second-order valence-electron chi connectivity index (χ2n) is 8.61. The summed E-state index contributed by atoms with van der Waals surface area (Å²) in [6, 6.07) is 0. The summed E-state index contributed by atoms with van der Waals surface area (Å²) < 4.78 is 5.99. The highest BCUT2D eigenvalue weighted by Crippen LogP contribution is 2.52. The van der Waals surface area contributed by atoms with Gasteiger partial charge in [0, 0.05) is 0 Å². The van der Waals surface area contributed by atoms with Crippen molar-refractivity contribution in [2.24, 2.45) is 0 Å². The molecular weight excluding hydrogens is 324 g/mol. The zero-order valence-electron chi connectivity index (χ0n) is 19.0. The normalized spacial score (nSPS) is 14.2. The van der Waals surface area contributed by atoms with Gasteiger partial charge in [0.05, 0.1) is 0 Å². The fourth-order valence-corrected chi connectivity index (χ4v) is 35.1. The average molecular weight is 373 g/mol. The third-order valence-electron chi connectivity index (χ3n) is 6.74. The van der Waals surface area contributed by atoms with Crippen molar-refractivity contribution in [2.75, 3.05) is 26.2 Å². The van der Waals surface area contributed by atoms with Crippen LogP contribution in [-0.2, 0) is 0 Å². The Hall–Kier alpha value is 0.354. The molecule has 0 radical (unpaired) electrons. The van der Waals surface area contributed by atoms with Gasteiger partial charge in [-0.15, -0.1) is 0 Å². The number of rotatable bonds is 11. The lowest BCUT2D eigenvalue weighted by atomic mass is 10.5. The molecule has 0 amide bonds. The second kappa shape index (κ2) is 9.89. The molecule has 0 atom stereocenters. The van der Waals surface area contributed by atoms with Crippen molar-refractivity contribution in [2.45, 2.75) is 105 Å². The lowest BCUT2D eigenvalue weighted by Gasteiger charge is -2.65. The molecule has 2 nitrogen and oxygen atoms in total. The fraction of sp³-hybridized carbons (Fsp3) is 1.00. The van der Waals surface area contributed by atoms with E-state index in [9.17, 15) is 0 Å². The first-order chi connectivity index (χ1) is 11.1. The van der Waals surface area contributed by atoms with E-state index in [-0.39, 0.29) is 0 Å². The summed E-state index contributed by atoms with van der Waals surface area (Å²) in [7, 11) is -3.38. The van der Waals surface area contributed by atoms with Gasteiger partial charge in [0.15, 0.2) is 0 Å². The summed E-state index contributed by atoms with van der Waals surface area (Å²) in [4.78, 5) is 0. The molecular formula is C20H48N2Si2. The predicted octanol–water partition coefficient (Wildman–Crippen LogP) is 6.28. The van der Waals surface area contributed by atoms with Crippen LogP contribution in [0.25, 0.3) is 0 Å². The maximum atomic E-state index is 2.99. The molecule has 24 heavy (non-hydrogen) atoms. The fourth-order valence-electron chi connectivity index (χ4n) is 6.64. The monoisotopic (exact) mass is 372 g/mol. The van der Waals surface area contributed by atoms with Crippen molar-refractivity contribution in [1.82, 2.24) is 9.13 Å². The molecule has 0 saturated carbocycles. The molecule has 4 heteroatoms. The molecule has 0 aliphatic rings. The Morgan fingerprint density at radius 2 is 0.625 bits per heavy atom. The number of hydrogen-bond acceptors (Lipinski definition) is 2. The lowest BCUT2D eigenvalue weighted by Crippen LogP contribution is -2.83. The Labute approximate surface area is 156 Å². The molecule has 146 valence electrons. The van der Waals surface area contributed by atoms with Gasteiger partial charge in [0.2, 0.25) is 0 Å². The molecule has 0 aromatic carbocycles. The van der Waals surface area contributed by atoms with E-state index < -0.39 is 15.5 Å². The van der Waals surface area contributed by atoms with E-state index in [1.807, 2.05) is 0 Å². The predicted molar refractivity (Wildman–Crippen MR) is 118 cm³/mol. The minimum atomic E-state index is -1.69. The first-order valence-corrected chi connectivity index (χ1v) is 15.8. The van der Waals surface area contributed by atoms with Crippen LogP contribution in [-0.4, -0.2) is 50.8 Å². The molecule has 0 heterocycles. The van der Waals surface area contributed by atoms with E-state index >= 15 is 0 Å². The molecule has 0 rings (SSSR count). The van der Waals surface area contributed by atoms with Gasteiger partial charge < -0.3 is 9.13 Å². The average Bonchev–Trinajstić information content (AvgIpc) is 2.49. The highest BCUT2D eigenvalue weighted by molar-refractivity contribution is 7.42. The first kappa shape index (κ1) is 24.4. The van der Waals surface area contributed by atoms with Crippen molar-refractivity contribution in [1.29, 1.82) is 0 Å². The number of hydrogen-bond donors (Lipinski definition) is 0. The van der Waals surface area contributed by atoms with Crippen LogP contribution in [0.4, 0.5) is 0 Å². The summed E-state index contributed by atoms with van der Waals surface area (Å²) >= 11 is 0. The Kier molecular flexibility index (Phi) is 10.0. The van der Waals surface area contributed by atoms with Crippen LogP contribution < -0.4 is 0 Å². The van der Waals surface area contributed by atoms with E-state index in [0.717, 1.165) is 22.2 Å². The largest absolute Gasteiger partial charge is 0.324 e. The van der Waals surface area contributed by atoms with Gasteiger partial charge in [0.25, 0.3) is 0 Å². The molecule has 0 aromatic rings. The van der Waals surface area contributed by atoms with E-state index in [1.54, 1.807) is 0 Å². The van der Waals surface area contributed by atoms with E-state index in [4.69, 9.17) is 0 Å². The van der Waals surface area contributed by atoms with E-state index in [1.165, 1.54) is 26.2 Å². The van der Waals surface area contributed by atoms with Crippen LogP contribution in [0, 0.1) is 0 Å². The van der Waals surface area contributed by atoms with Crippen LogP contribution in [0.15, 0.2) is 0 Å². The van der Waals surface area contributed by atoms with Gasteiger partial charge in [-0.1, -0.05) is 83.1 Å². The highest BCUT2D eigenvalue weighted by Gasteiger charge is 2.66. The zero-order valence-corrected chi connectivity index (χ0v) is 21.0. The van der Waals surface area contributed by atoms with Crippen molar-refractivity contribution in [3.63, 3.8) is 0 Å². The molecule has 0 N–H and O–H groups in total. The van der Waals surface area contributed by atoms with Crippen LogP contribution in [0.2, 0.25) is 22.2 Å². The summed E-state index contributed by atoms with van der Waals surface area (Å²) in [5.74, 6) is 0. The second-order valence-corrected chi connectivity index (χ2v) is 22.6. The lowest BCUT2D eigenvalue weighted by molar-refractivity contribution is 0.413. The highest BCUT2D eigenvalue weighted by atomic mass is 29.3. The van der Waals surface area contributed by atoms with E-state index in [0.29, 0.717) is 0 Å². The minimum Gasteiger partial charge on any atom is -0.324 e. The van der Waals surface area contributed by atoms with Gasteiger partial charge in [0.1, 0.15) is 15.5 Å². The Morgan fingerprint density at radius 3 is 0.708 bits per heavy atom. The smallest absolute Gasteiger partial charge is 0.141 e. The van der Waals surface area contributed by atoms with E-state index in [2.05, 4.69) is 92.2 Å². The third-order valence-corrected chi connectivity index (χ3v) is 31.1. The molecule has 0 aliphatic carbocycles.